The van der Waals surface area contributed by atoms with E-state index in [1.54, 1.807) is 0 Å². The van der Waals surface area contributed by atoms with Crippen molar-refractivity contribution in [2.24, 2.45) is 0 Å². The molecule has 0 aliphatic carbocycles. The number of hydrogen-bond donors (Lipinski definition) is 0. The third kappa shape index (κ3) is 7.87. The highest BCUT2D eigenvalue weighted by molar-refractivity contribution is 5.91. The number of hydrogen-bond acceptors (Lipinski definition) is 8. The quantitative estimate of drug-likeness (QED) is 0.423. The van der Waals surface area contributed by atoms with Crippen molar-refractivity contribution >= 4 is 11.9 Å². The summed E-state index contributed by atoms with van der Waals surface area (Å²) in [5.74, 6) is -1.07. The molecule has 0 saturated carbocycles. The maximum atomic E-state index is 11.5. The maximum absolute atomic E-state index is 11.5. The van der Waals surface area contributed by atoms with Crippen LogP contribution in [0.25, 0.3) is 0 Å². The lowest BCUT2D eigenvalue weighted by Crippen LogP contribution is -2.38. The Bertz CT molecular complexity index is 379. The summed E-state index contributed by atoms with van der Waals surface area (Å²) in [4.78, 5) is 27.4. The maximum Gasteiger partial charge on any atom is 0.331 e. The molecular weight excluding hydrogens is 316 g/mol. The second kappa shape index (κ2) is 11.1. The predicted molar refractivity (Wildman–Crippen MR) is 85.6 cm³/mol. The Labute approximate surface area is 142 Å². The molecule has 136 valence electrons. The molecule has 24 heavy (non-hydrogen) atoms. The fraction of sp³-hybridized carbons (Fsp3) is 0.750. The van der Waals surface area contributed by atoms with Crippen LogP contribution in [0.15, 0.2) is 12.2 Å². The summed E-state index contributed by atoms with van der Waals surface area (Å²) >= 11 is 0. The van der Waals surface area contributed by atoms with E-state index in [1.165, 1.54) is 0 Å². The number of carbonyl (C=O) groups is 2. The molecule has 0 bridgehead atoms. The van der Waals surface area contributed by atoms with Gasteiger partial charge < -0.3 is 18.9 Å². The van der Waals surface area contributed by atoms with Gasteiger partial charge in [0, 0.05) is 51.4 Å². The van der Waals surface area contributed by atoms with Crippen molar-refractivity contribution in [2.75, 3.05) is 78.9 Å². The van der Waals surface area contributed by atoms with Crippen molar-refractivity contribution in [3.05, 3.63) is 12.2 Å². The molecule has 0 unspecified atom stereocenters. The normalized spacial score (nSPS) is 20.2. The fourth-order valence-electron chi connectivity index (χ4n) is 2.43. The van der Waals surface area contributed by atoms with E-state index < -0.39 is 11.9 Å². The molecule has 0 aromatic carbocycles. The van der Waals surface area contributed by atoms with Gasteiger partial charge in [0.05, 0.1) is 26.4 Å². The van der Waals surface area contributed by atoms with Crippen LogP contribution in [0.2, 0.25) is 0 Å². The number of morpholine rings is 2. The highest BCUT2D eigenvalue weighted by Crippen LogP contribution is 1.97. The minimum Gasteiger partial charge on any atom is -0.461 e. The fourth-order valence-corrected chi connectivity index (χ4v) is 2.43. The Morgan fingerprint density at radius 1 is 0.750 bits per heavy atom. The average Bonchev–Trinajstić information content (AvgIpc) is 2.62. The molecule has 2 saturated heterocycles. The zero-order valence-electron chi connectivity index (χ0n) is 14.0. The van der Waals surface area contributed by atoms with Crippen molar-refractivity contribution in [2.45, 2.75) is 0 Å². The standard InChI is InChI=1S/C16H26N2O6/c19-15(23-13-7-17-3-9-21-10-4-17)1-2-16(20)24-14-8-18-5-11-22-12-6-18/h1-2H,3-14H2/b2-1-. The SMILES string of the molecule is O=C(/C=C\C(=O)OCCN1CCOCC1)OCCN1CCOCC1. The van der Waals surface area contributed by atoms with Crippen molar-refractivity contribution in [1.82, 2.24) is 9.80 Å². The molecule has 2 fully saturated rings. The molecule has 8 heteroatoms. The van der Waals surface area contributed by atoms with E-state index in [0.29, 0.717) is 52.7 Å². The Morgan fingerprint density at radius 3 is 1.50 bits per heavy atom. The topological polar surface area (TPSA) is 77.5 Å². The van der Waals surface area contributed by atoms with Crippen molar-refractivity contribution in [1.29, 1.82) is 0 Å². The first-order chi connectivity index (χ1) is 11.7. The first kappa shape index (κ1) is 18.9. The number of esters is 2. The third-order valence-electron chi connectivity index (χ3n) is 3.87. The van der Waals surface area contributed by atoms with E-state index >= 15 is 0 Å². The highest BCUT2D eigenvalue weighted by atomic mass is 16.5. The molecule has 2 heterocycles. The van der Waals surface area contributed by atoms with E-state index in [4.69, 9.17) is 18.9 Å². The van der Waals surface area contributed by atoms with Crippen molar-refractivity contribution in [3.63, 3.8) is 0 Å². The van der Waals surface area contributed by atoms with Gasteiger partial charge in [0.2, 0.25) is 0 Å². The summed E-state index contributed by atoms with van der Waals surface area (Å²) in [5.41, 5.74) is 0. The van der Waals surface area contributed by atoms with E-state index in [9.17, 15) is 9.59 Å². The average molecular weight is 342 g/mol. The first-order valence-electron chi connectivity index (χ1n) is 8.36. The second-order valence-corrected chi connectivity index (χ2v) is 5.58. The van der Waals surface area contributed by atoms with Gasteiger partial charge in [0.15, 0.2) is 0 Å². The number of rotatable bonds is 8. The van der Waals surface area contributed by atoms with Crippen LogP contribution in [0.4, 0.5) is 0 Å². The molecule has 2 aliphatic heterocycles. The van der Waals surface area contributed by atoms with Crippen LogP contribution in [-0.2, 0) is 28.5 Å². The molecule has 0 radical (unpaired) electrons. The van der Waals surface area contributed by atoms with Crippen LogP contribution in [0.3, 0.4) is 0 Å². The van der Waals surface area contributed by atoms with Gasteiger partial charge in [-0.05, 0) is 0 Å². The molecule has 0 N–H and O–H groups in total. The molecule has 2 rings (SSSR count). The summed E-state index contributed by atoms with van der Waals surface area (Å²) in [5, 5.41) is 0. The summed E-state index contributed by atoms with van der Waals surface area (Å²) in [6, 6.07) is 0. The zero-order chi connectivity index (χ0) is 17.0. The smallest absolute Gasteiger partial charge is 0.331 e. The van der Waals surface area contributed by atoms with Gasteiger partial charge in [-0.25, -0.2) is 9.59 Å². The molecular formula is C16H26N2O6. The predicted octanol–water partition coefficient (Wildman–Crippen LogP) is -0.707. The van der Waals surface area contributed by atoms with Crippen LogP contribution >= 0.6 is 0 Å². The molecule has 0 spiro atoms. The Hall–Kier alpha value is -1.48. The minimum atomic E-state index is -0.534. The minimum absolute atomic E-state index is 0.301. The lowest BCUT2D eigenvalue weighted by Gasteiger charge is -2.26. The number of carbonyl (C=O) groups excluding carboxylic acids is 2. The Kier molecular flexibility index (Phi) is 8.75. The number of nitrogens with zero attached hydrogens (tertiary/aromatic N) is 2. The van der Waals surface area contributed by atoms with Gasteiger partial charge >= 0.3 is 11.9 Å². The van der Waals surface area contributed by atoms with Crippen molar-refractivity contribution in [3.8, 4) is 0 Å². The van der Waals surface area contributed by atoms with Gasteiger partial charge in [0.1, 0.15) is 13.2 Å². The summed E-state index contributed by atoms with van der Waals surface area (Å²) in [6.45, 7) is 8.20. The van der Waals surface area contributed by atoms with Gasteiger partial charge in [-0.2, -0.15) is 0 Å². The molecule has 0 aromatic rings. The van der Waals surface area contributed by atoms with Crippen LogP contribution in [0.5, 0.6) is 0 Å². The largest absolute Gasteiger partial charge is 0.461 e. The third-order valence-corrected chi connectivity index (χ3v) is 3.87. The Balaban J connectivity index is 1.50. The highest BCUT2D eigenvalue weighted by Gasteiger charge is 2.11. The van der Waals surface area contributed by atoms with Crippen LogP contribution < -0.4 is 0 Å². The zero-order valence-corrected chi connectivity index (χ0v) is 14.0. The van der Waals surface area contributed by atoms with Crippen molar-refractivity contribution < 1.29 is 28.5 Å². The van der Waals surface area contributed by atoms with Gasteiger partial charge in [0.25, 0.3) is 0 Å². The lowest BCUT2D eigenvalue weighted by molar-refractivity contribution is -0.141. The van der Waals surface area contributed by atoms with E-state index in [0.717, 1.165) is 38.3 Å². The molecule has 0 atom stereocenters. The molecule has 0 aromatic heterocycles. The van der Waals surface area contributed by atoms with Gasteiger partial charge in [-0.1, -0.05) is 0 Å². The van der Waals surface area contributed by atoms with Gasteiger partial charge in [-0.3, -0.25) is 9.80 Å². The monoisotopic (exact) mass is 342 g/mol. The Morgan fingerprint density at radius 2 is 1.12 bits per heavy atom. The van der Waals surface area contributed by atoms with Crippen LogP contribution in [0.1, 0.15) is 0 Å². The summed E-state index contributed by atoms with van der Waals surface area (Å²) in [6.07, 6.45) is 2.22. The molecule has 2 aliphatic rings. The number of ether oxygens (including phenoxy) is 4. The molecule has 8 nitrogen and oxygen atoms in total. The van der Waals surface area contributed by atoms with E-state index in [-0.39, 0.29) is 0 Å². The van der Waals surface area contributed by atoms with Crippen LogP contribution in [0, 0.1) is 0 Å². The van der Waals surface area contributed by atoms with E-state index in [2.05, 4.69) is 9.80 Å². The molecule has 0 amide bonds. The van der Waals surface area contributed by atoms with E-state index in [1.807, 2.05) is 0 Å². The van der Waals surface area contributed by atoms with Gasteiger partial charge in [-0.15, -0.1) is 0 Å². The summed E-state index contributed by atoms with van der Waals surface area (Å²) < 4.78 is 20.6. The first-order valence-corrected chi connectivity index (χ1v) is 8.36. The van der Waals surface area contributed by atoms with Crippen LogP contribution in [-0.4, -0.2) is 101 Å². The lowest BCUT2D eigenvalue weighted by atomic mass is 10.4. The summed E-state index contributed by atoms with van der Waals surface area (Å²) in [7, 11) is 0. The second-order valence-electron chi connectivity index (χ2n) is 5.58.